The van der Waals surface area contributed by atoms with Crippen molar-refractivity contribution in [2.45, 2.75) is 20.0 Å². The van der Waals surface area contributed by atoms with E-state index in [-0.39, 0.29) is 18.2 Å². The highest BCUT2D eigenvalue weighted by Crippen LogP contribution is 2.11. The summed E-state index contributed by atoms with van der Waals surface area (Å²) in [5.74, 6) is -0.429. The lowest BCUT2D eigenvalue weighted by Crippen LogP contribution is -2.28. The number of hydrogen-bond acceptors (Lipinski definition) is 5. The number of nitrogens with zero attached hydrogens (tertiary/aromatic N) is 4. The first-order valence-electron chi connectivity index (χ1n) is 7.63. The van der Waals surface area contributed by atoms with Crippen LogP contribution in [0.3, 0.4) is 0 Å². The minimum atomic E-state index is -0.421. The van der Waals surface area contributed by atoms with Gasteiger partial charge in [0.2, 0.25) is 5.91 Å². The van der Waals surface area contributed by atoms with E-state index in [4.69, 9.17) is 0 Å². The Balaban J connectivity index is 1.64. The normalized spacial score (nSPS) is 10.6. The van der Waals surface area contributed by atoms with Gasteiger partial charge in [-0.15, -0.1) is 0 Å². The minimum Gasteiger partial charge on any atom is -0.508 e. The molecule has 3 aromatic rings. The number of carbonyl (C=O) groups excluding carboxylic acids is 1. The van der Waals surface area contributed by atoms with Gasteiger partial charge in [-0.05, 0) is 30.7 Å². The van der Waals surface area contributed by atoms with E-state index in [2.05, 4.69) is 15.4 Å². The van der Waals surface area contributed by atoms with E-state index >= 15 is 0 Å². The average molecular weight is 339 g/mol. The summed E-state index contributed by atoms with van der Waals surface area (Å²) in [6.45, 7) is 2.13. The number of pyridine rings is 1. The maximum atomic E-state index is 12.2. The standard InChI is InChI=1S/C17H17N5O3/c1-12-6-15(23)7-17(25)22(12)9-16(24)20-14-4-2-13(3-5-14)8-21-11-18-10-19-21/h2-7,10-11,23H,8-9H2,1H3,(H,20,24). The number of amides is 1. The molecule has 2 N–H and O–H groups in total. The molecule has 0 aliphatic rings. The van der Waals surface area contributed by atoms with E-state index < -0.39 is 5.56 Å². The fourth-order valence-electron chi connectivity index (χ4n) is 2.45. The molecule has 0 atom stereocenters. The molecule has 0 saturated heterocycles. The monoisotopic (exact) mass is 339 g/mol. The quantitative estimate of drug-likeness (QED) is 0.726. The first-order chi connectivity index (χ1) is 12.0. The van der Waals surface area contributed by atoms with Gasteiger partial charge in [-0.3, -0.25) is 9.59 Å². The zero-order valence-electron chi connectivity index (χ0n) is 13.6. The molecule has 0 spiro atoms. The number of nitrogens with one attached hydrogen (secondary N) is 1. The van der Waals surface area contributed by atoms with Crippen molar-refractivity contribution in [2.75, 3.05) is 5.32 Å². The predicted octanol–water partition coefficient (Wildman–Crippen LogP) is 1.14. The van der Waals surface area contributed by atoms with Crippen molar-refractivity contribution < 1.29 is 9.90 Å². The van der Waals surface area contributed by atoms with E-state index in [0.29, 0.717) is 17.9 Å². The van der Waals surface area contributed by atoms with E-state index in [1.165, 1.54) is 17.0 Å². The van der Waals surface area contributed by atoms with Crippen LogP contribution in [0.25, 0.3) is 0 Å². The first-order valence-corrected chi connectivity index (χ1v) is 7.63. The van der Waals surface area contributed by atoms with E-state index in [1.807, 2.05) is 12.1 Å². The van der Waals surface area contributed by atoms with Crippen LogP contribution in [-0.4, -0.2) is 30.3 Å². The number of benzene rings is 1. The van der Waals surface area contributed by atoms with Crippen LogP contribution in [0.15, 0.2) is 53.8 Å². The van der Waals surface area contributed by atoms with Crippen molar-refractivity contribution in [1.29, 1.82) is 0 Å². The third kappa shape index (κ3) is 4.11. The third-order valence-electron chi connectivity index (χ3n) is 3.67. The van der Waals surface area contributed by atoms with Crippen molar-refractivity contribution in [1.82, 2.24) is 19.3 Å². The second-order valence-corrected chi connectivity index (χ2v) is 5.62. The van der Waals surface area contributed by atoms with Crippen LogP contribution in [0.2, 0.25) is 0 Å². The number of aryl methyl sites for hydroxylation is 1. The molecule has 2 aromatic heterocycles. The fourth-order valence-corrected chi connectivity index (χ4v) is 2.45. The second-order valence-electron chi connectivity index (χ2n) is 5.62. The van der Waals surface area contributed by atoms with Crippen LogP contribution in [0, 0.1) is 6.92 Å². The van der Waals surface area contributed by atoms with Gasteiger partial charge in [-0.25, -0.2) is 9.67 Å². The van der Waals surface area contributed by atoms with Crippen LogP contribution in [0.1, 0.15) is 11.3 Å². The maximum Gasteiger partial charge on any atom is 0.254 e. The van der Waals surface area contributed by atoms with Crippen LogP contribution in [-0.2, 0) is 17.9 Å². The van der Waals surface area contributed by atoms with Crippen molar-refractivity contribution in [2.24, 2.45) is 0 Å². The molecule has 8 nitrogen and oxygen atoms in total. The number of carbonyl (C=O) groups is 1. The summed E-state index contributed by atoms with van der Waals surface area (Å²) in [6, 6.07) is 9.87. The minimum absolute atomic E-state index is 0.109. The number of aromatic hydroxyl groups is 1. The molecule has 3 rings (SSSR count). The van der Waals surface area contributed by atoms with Gasteiger partial charge in [0.25, 0.3) is 5.56 Å². The Bertz CT molecular complexity index is 930. The lowest BCUT2D eigenvalue weighted by molar-refractivity contribution is -0.116. The maximum absolute atomic E-state index is 12.2. The molecule has 0 radical (unpaired) electrons. The van der Waals surface area contributed by atoms with E-state index in [9.17, 15) is 14.7 Å². The van der Waals surface area contributed by atoms with Crippen LogP contribution in [0.4, 0.5) is 5.69 Å². The van der Waals surface area contributed by atoms with Gasteiger partial charge in [0.1, 0.15) is 24.9 Å². The molecule has 0 fully saturated rings. The van der Waals surface area contributed by atoms with Gasteiger partial charge in [0.05, 0.1) is 6.54 Å². The SMILES string of the molecule is Cc1cc(O)cc(=O)n1CC(=O)Nc1ccc(Cn2cncn2)cc1. The molecule has 0 bridgehead atoms. The van der Waals surface area contributed by atoms with Crippen molar-refractivity contribution in [3.05, 3.63) is 70.7 Å². The van der Waals surface area contributed by atoms with E-state index in [0.717, 1.165) is 11.6 Å². The molecule has 25 heavy (non-hydrogen) atoms. The molecule has 1 aromatic carbocycles. The fraction of sp³-hybridized carbons (Fsp3) is 0.176. The Labute approximate surface area is 143 Å². The highest BCUT2D eigenvalue weighted by molar-refractivity contribution is 5.90. The first kappa shape index (κ1) is 16.4. The second kappa shape index (κ2) is 7.00. The topological polar surface area (TPSA) is 102 Å². The Kier molecular flexibility index (Phi) is 4.60. The van der Waals surface area contributed by atoms with Gasteiger partial charge in [0.15, 0.2) is 0 Å². The van der Waals surface area contributed by atoms with E-state index in [1.54, 1.807) is 30.1 Å². The Morgan fingerprint density at radius 2 is 2.00 bits per heavy atom. The lowest BCUT2D eigenvalue weighted by Gasteiger charge is -2.11. The molecule has 2 heterocycles. The van der Waals surface area contributed by atoms with Crippen LogP contribution in [0.5, 0.6) is 5.75 Å². The number of hydrogen-bond donors (Lipinski definition) is 2. The van der Waals surface area contributed by atoms with Crippen LogP contribution < -0.4 is 10.9 Å². The highest BCUT2D eigenvalue weighted by atomic mass is 16.3. The smallest absolute Gasteiger partial charge is 0.254 e. The molecule has 8 heteroatoms. The van der Waals surface area contributed by atoms with Crippen molar-refractivity contribution >= 4 is 11.6 Å². The number of aromatic nitrogens is 4. The number of anilines is 1. The van der Waals surface area contributed by atoms with Crippen molar-refractivity contribution in [3.63, 3.8) is 0 Å². The summed E-state index contributed by atoms with van der Waals surface area (Å²) >= 11 is 0. The average Bonchev–Trinajstić information content (AvgIpc) is 3.06. The summed E-state index contributed by atoms with van der Waals surface area (Å²) < 4.78 is 3.00. The molecule has 0 unspecified atom stereocenters. The molecule has 1 amide bonds. The zero-order valence-corrected chi connectivity index (χ0v) is 13.6. The zero-order chi connectivity index (χ0) is 17.8. The van der Waals surface area contributed by atoms with Crippen molar-refractivity contribution in [3.8, 4) is 5.75 Å². The highest BCUT2D eigenvalue weighted by Gasteiger charge is 2.09. The largest absolute Gasteiger partial charge is 0.508 e. The predicted molar refractivity (Wildman–Crippen MR) is 91.3 cm³/mol. The summed E-state index contributed by atoms with van der Waals surface area (Å²) in [6.07, 6.45) is 3.11. The summed E-state index contributed by atoms with van der Waals surface area (Å²) in [5.41, 5.74) is 1.75. The Hall–Kier alpha value is -3.42. The Morgan fingerprint density at radius 3 is 2.64 bits per heavy atom. The summed E-state index contributed by atoms with van der Waals surface area (Å²) in [7, 11) is 0. The molecule has 0 saturated carbocycles. The molecule has 0 aliphatic carbocycles. The molecule has 128 valence electrons. The van der Waals surface area contributed by atoms with Gasteiger partial charge < -0.3 is 15.0 Å². The summed E-state index contributed by atoms with van der Waals surface area (Å²) in [5, 5.41) is 16.2. The van der Waals surface area contributed by atoms with Crippen LogP contribution >= 0.6 is 0 Å². The third-order valence-corrected chi connectivity index (χ3v) is 3.67. The van der Waals surface area contributed by atoms with Gasteiger partial charge in [-0.1, -0.05) is 12.1 Å². The Morgan fingerprint density at radius 1 is 1.24 bits per heavy atom. The number of rotatable bonds is 5. The van der Waals surface area contributed by atoms with Gasteiger partial charge in [0, 0.05) is 17.4 Å². The van der Waals surface area contributed by atoms with Gasteiger partial charge >= 0.3 is 0 Å². The molecule has 0 aliphatic heterocycles. The van der Waals surface area contributed by atoms with Gasteiger partial charge in [-0.2, -0.15) is 5.10 Å². The lowest BCUT2D eigenvalue weighted by atomic mass is 10.2. The molecular weight excluding hydrogens is 322 g/mol. The summed E-state index contributed by atoms with van der Waals surface area (Å²) in [4.78, 5) is 27.9. The molecular formula is C17H17N5O3.